The normalized spacial score (nSPS) is 26.0. The molecule has 0 unspecified atom stereocenters. The summed E-state index contributed by atoms with van der Waals surface area (Å²) in [5, 5.41) is 11.9. The molecule has 5 heteroatoms. The maximum absolute atomic E-state index is 13.9. The first kappa shape index (κ1) is 18.4. The zero-order valence-corrected chi connectivity index (χ0v) is 16.5. The molecule has 0 bridgehead atoms. The summed E-state index contributed by atoms with van der Waals surface area (Å²) in [5.41, 5.74) is 1.13. The van der Waals surface area contributed by atoms with Crippen LogP contribution in [0.15, 0.2) is 48.5 Å². The van der Waals surface area contributed by atoms with Gasteiger partial charge in [0.25, 0.3) is 5.91 Å². The summed E-state index contributed by atoms with van der Waals surface area (Å²) in [6.45, 7) is 2.56. The van der Waals surface area contributed by atoms with Crippen LogP contribution >= 0.6 is 0 Å². The summed E-state index contributed by atoms with van der Waals surface area (Å²) in [6.07, 6.45) is 3.00. The zero-order chi connectivity index (χ0) is 20.2. The van der Waals surface area contributed by atoms with Crippen molar-refractivity contribution in [3.63, 3.8) is 0 Å². The van der Waals surface area contributed by atoms with Gasteiger partial charge in [-0.2, -0.15) is 0 Å². The van der Waals surface area contributed by atoms with Crippen LogP contribution in [0.5, 0.6) is 0 Å². The number of carbonyl (C=O) groups is 2. The van der Waals surface area contributed by atoms with Gasteiger partial charge in [-0.15, -0.1) is 0 Å². The Bertz CT molecular complexity index is 939. The van der Waals surface area contributed by atoms with Crippen molar-refractivity contribution < 1.29 is 19.4 Å². The van der Waals surface area contributed by atoms with Crippen molar-refractivity contribution in [1.29, 1.82) is 0 Å². The van der Waals surface area contributed by atoms with Gasteiger partial charge in [0.1, 0.15) is 6.04 Å². The molecule has 2 aromatic carbocycles. The van der Waals surface area contributed by atoms with E-state index in [0.717, 1.165) is 30.4 Å². The van der Waals surface area contributed by atoms with E-state index in [4.69, 9.17) is 4.74 Å². The molecule has 1 heterocycles. The van der Waals surface area contributed by atoms with Crippen LogP contribution in [0.3, 0.4) is 0 Å². The summed E-state index contributed by atoms with van der Waals surface area (Å²) in [4.78, 5) is 28.3. The topological polar surface area (TPSA) is 66.8 Å². The van der Waals surface area contributed by atoms with Gasteiger partial charge in [-0.25, -0.2) is 4.79 Å². The van der Waals surface area contributed by atoms with Gasteiger partial charge in [-0.05, 0) is 42.7 Å². The number of esters is 1. The fraction of sp³-hybridized carbons (Fsp3) is 0.417. The number of hydrogen-bond acceptors (Lipinski definition) is 4. The van der Waals surface area contributed by atoms with Gasteiger partial charge in [0.15, 0.2) is 5.60 Å². The van der Waals surface area contributed by atoms with Gasteiger partial charge in [0, 0.05) is 17.7 Å². The minimum Gasteiger partial charge on any atom is -0.464 e. The minimum atomic E-state index is -1.78. The number of likely N-dealkylation sites (tertiary alicyclic amines) is 1. The van der Waals surface area contributed by atoms with Gasteiger partial charge in [0.2, 0.25) is 0 Å². The highest BCUT2D eigenvalue weighted by Gasteiger charge is 2.57. The average Bonchev–Trinajstić information content (AvgIpc) is 3.40. The number of amides is 1. The molecule has 29 heavy (non-hydrogen) atoms. The molecule has 1 saturated heterocycles. The molecule has 3 atom stereocenters. The fourth-order valence-electron chi connectivity index (χ4n) is 5.69. The van der Waals surface area contributed by atoms with Gasteiger partial charge < -0.3 is 14.7 Å². The lowest BCUT2D eigenvalue weighted by atomic mass is 9.89. The largest absolute Gasteiger partial charge is 0.464 e. The van der Waals surface area contributed by atoms with Crippen molar-refractivity contribution in [3.8, 4) is 11.1 Å². The Morgan fingerprint density at radius 2 is 1.69 bits per heavy atom. The van der Waals surface area contributed by atoms with Gasteiger partial charge in [-0.1, -0.05) is 55.0 Å². The van der Waals surface area contributed by atoms with Crippen LogP contribution in [0.1, 0.15) is 37.3 Å². The van der Waals surface area contributed by atoms with Crippen molar-refractivity contribution >= 4 is 11.9 Å². The van der Waals surface area contributed by atoms with Crippen molar-refractivity contribution in [2.75, 3.05) is 13.2 Å². The molecule has 1 N–H and O–H groups in total. The standard InChI is InChI=1S/C24H25NO4/c1-2-29-22(26)21-16-11-7-8-15(16)14-25(21)23(27)24(28)19-12-5-3-9-17(19)18-10-4-6-13-20(18)24/h3-6,9-10,12-13,15-16,21,28H,2,7-8,11,14H2,1H3/t15-,16-,21-/m0/s1. The van der Waals surface area contributed by atoms with E-state index < -0.39 is 17.6 Å². The van der Waals surface area contributed by atoms with E-state index >= 15 is 0 Å². The third kappa shape index (κ3) is 2.50. The van der Waals surface area contributed by atoms with E-state index in [1.807, 2.05) is 48.5 Å². The molecule has 5 rings (SSSR count). The Morgan fingerprint density at radius 3 is 2.31 bits per heavy atom. The number of benzene rings is 2. The Kier molecular flexibility index (Phi) is 4.24. The number of hydrogen-bond donors (Lipinski definition) is 1. The Labute approximate surface area is 170 Å². The molecule has 5 nitrogen and oxygen atoms in total. The molecule has 0 radical (unpaired) electrons. The molecule has 1 aliphatic heterocycles. The lowest BCUT2D eigenvalue weighted by molar-refractivity contribution is -0.160. The average molecular weight is 391 g/mol. The summed E-state index contributed by atoms with van der Waals surface area (Å²) < 4.78 is 5.33. The van der Waals surface area contributed by atoms with Gasteiger partial charge >= 0.3 is 5.97 Å². The van der Waals surface area contributed by atoms with Crippen molar-refractivity contribution in [3.05, 3.63) is 59.7 Å². The Balaban J connectivity index is 1.60. The van der Waals surface area contributed by atoms with Crippen LogP contribution < -0.4 is 0 Å². The van der Waals surface area contributed by atoms with Crippen LogP contribution in [0.25, 0.3) is 11.1 Å². The lowest BCUT2D eigenvalue weighted by Crippen LogP contribution is -2.52. The van der Waals surface area contributed by atoms with E-state index in [1.54, 1.807) is 11.8 Å². The smallest absolute Gasteiger partial charge is 0.329 e. The van der Waals surface area contributed by atoms with Crippen LogP contribution in [-0.4, -0.2) is 41.1 Å². The minimum absolute atomic E-state index is 0.119. The predicted octanol–water partition coefficient (Wildman–Crippen LogP) is 3.09. The van der Waals surface area contributed by atoms with Gasteiger partial charge in [-0.3, -0.25) is 4.79 Å². The van der Waals surface area contributed by atoms with E-state index in [0.29, 0.717) is 23.6 Å². The number of rotatable bonds is 3. The quantitative estimate of drug-likeness (QED) is 0.817. The van der Waals surface area contributed by atoms with Crippen LogP contribution in [0.2, 0.25) is 0 Å². The number of ether oxygens (including phenoxy) is 1. The first-order valence-electron chi connectivity index (χ1n) is 10.5. The first-order valence-corrected chi connectivity index (χ1v) is 10.5. The maximum Gasteiger partial charge on any atom is 0.329 e. The summed E-state index contributed by atoms with van der Waals surface area (Å²) in [6, 6.07) is 14.4. The molecule has 150 valence electrons. The molecule has 1 amide bonds. The molecule has 2 fully saturated rings. The van der Waals surface area contributed by atoms with E-state index in [2.05, 4.69) is 0 Å². The third-order valence-corrected chi connectivity index (χ3v) is 6.91. The fourth-order valence-corrected chi connectivity index (χ4v) is 5.69. The lowest BCUT2D eigenvalue weighted by Gasteiger charge is -2.33. The highest BCUT2D eigenvalue weighted by atomic mass is 16.5. The summed E-state index contributed by atoms with van der Waals surface area (Å²) in [5.74, 6) is -0.349. The van der Waals surface area contributed by atoms with Crippen LogP contribution in [-0.2, 0) is 19.9 Å². The Morgan fingerprint density at radius 1 is 1.07 bits per heavy atom. The number of aliphatic hydroxyl groups is 1. The highest BCUT2D eigenvalue weighted by molar-refractivity contribution is 6.00. The predicted molar refractivity (Wildman–Crippen MR) is 108 cm³/mol. The van der Waals surface area contributed by atoms with E-state index in [1.165, 1.54) is 0 Å². The maximum atomic E-state index is 13.9. The van der Waals surface area contributed by atoms with Crippen LogP contribution in [0.4, 0.5) is 0 Å². The summed E-state index contributed by atoms with van der Waals surface area (Å²) in [7, 11) is 0. The van der Waals surface area contributed by atoms with Crippen molar-refractivity contribution in [1.82, 2.24) is 4.90 Å². The van der Waals surface area contributed by atoms with Gasteiger partial charge in [0.05, 0.1) is 6.61 Å². The number of carbonyl (C=O) groups excluding carboxylic acids is 2. The third-order valence-electron chi connectivity index (χ3n) is 6.91. The molecule has 1 saturated carbocycles. The number of fused-ring (bicyclic) bond motifs is 4. The molecule has 0 aromatic heterocycles. The summed E-state index contributed by atoms with van der Waals surface area (Å²) >= 11 is 0. The first-order chi connectivity index (χ1) is 14.1. The molecular formula is C24H25NO4. The van der Waals surface area contributed by atoms with Crippen molar-refractivity contribution in [2.45, 2.75) is 37.8 Å². The van der Waals surface area contributed by atoms with Crippen molar-refractivity contribution in [2.24, 2.45) is 11.8 Å². The number of nitrogens with zero attached hydrogens (tertiary/aromatic N) is 1. The SMILES string of the molecule is CCOC(=O)[C@@H]1[C@H]2CCC[C@H]2CN1C(=O)C1(O)c2ccccc2-c2ccccc21. The van der Waals surface area contributed by atoms with E-state index in [-0.39, 0.29) is 18.5 Å². The second-order valence-electron chi connectivity index (χ2n) is 8.31. The van der Waals surface area contributed by atoms with Crippen LogP contribution in [0, 0.1) is 11.8 Å². The molecule has 2 aliphatic carbocycles. The second-order valence-corrected chi connectivity index (χ2v) is 8.31. The molecule has 0 spiro atoms. The second kappa shape index (κ2) is 6.70. The zero-order valence-electron chi connectivity index (χ0n) is 16.5. The highest BCUT2D eigenvalue weighted by Crippen LogP contribution is 2.50. The Hall–Kier alpha value is -2.66. The molecular weight excluding hydrogens is 366 g/mol. The molecule has 3 aliphatic rings. The van der Waals surface area contributed by atoms with E-state index in [9.17, 15) is 14.7 Å². The molecule has 2 aromatic rings. The monoisotopic (exact) mass is 391 g/mol.